The molecule has 0 spiro atoms. The third-order valence-corrected chi connectivity index (χ3v) is 5.25. The van der Waals surface area contributed by atoms with Gasteiger partial charge in [0.1, 0.15) is 5.82 Å². The van der Waals surface area contributed by atoms with Crippen molar-refractivity contribution in [2.24, 2.45) is 0 Å². The molecule has 4 aromatic rings. The fraction of sp³-hybridized carbons (Fsp3) is 0.125. The van der Waals surface area contributed by atoms with Crippen LogP contribution in [0, 0.1) is 12.7 Å². The Kier molecular flexibility index (Phi) is 5.59. The van der Waals surface area contributed by atoms with E-state index in [1.54, 1.807) is 43.3 Å². The fourth-order valence-electron chi connectivity index (χ4n) is 3.42. The van der Waals surface area contributed by atoms with Crippen LogP contribution in [0.4, 0.5) is 10.1 Å². The summed E-state index contributed by atoms with van der Waals surface area (Å²) in [5.41, 5.74) is 3.30. The molecule has 1 unspecified atom stereocenters. The van der Waals surface area contributed by atoms with Crippen molar-refractivity contribution in [1.29, 1.82) is 0 Å². The Hall–Kier alpha value is -4.20. The summed E-state index contributed by atoms with van der Waals surface area (Å²) in [6, 6.07) is 15.7. The maximum atomic E-state index is 13.9. The van der Waals surface area contributed by atoms with Gasteiger partial charge in [-0.15, -0.1) is 0 Å². The van der Waals surface area contributed by atoms with E-state index in [4.69, 9.17) is 0 Å². The lowest BCUT2D eigenvalue weighted by molar-refractivity contribution is 0.0938. The number of anilines is 1. The Bertz CT molecular complexity index is 1390. The highest BCUT2D eigenvalue weighted by Crippen LogP contribution is 2.21. The number of carbonyl (C=O) groups is 2. The highest BCUT2D eigenvalue weighted by Gasteiger charge is 2.16. The second kappa shape index (κ2) is 8.50. The van der Waals surface area contributed by atoms with Gasteiger partial charge in [-0.25, -0.2) is 9.18 Å². The van der Waals surface area contributed by atoms with Crippen LogP contribution in [0.5, 0.6) is 0 Å². The molecular formula is C24H21FN4O3. The molecule has 1 atom stereocenters. The number of aryl methyl sites for hydroxylation is 1. The normalized spacial score (nSPS) is 11.8. The lowest BCUT2D eigenvalue weighted by atomic mass is 10.1. The van der Waals surface area contributed by atoms with Gasteiger partial charge >= 0.3 is 5.69 Å². The number of imidazole rings is 1. The first-order valence-electron chi connectivity index (χ1n) is 10.0. The van der Waals surface area contributed by atoms with Crippen molar-refractivity contribution in [3.63, 3.8) is 0 Å². The molecule has 0 saturated heterocycles. The van der Waals surface area contributed by atoms with Crippen LogP contribution in [0.25, 0.3) is 11.0 Å². The number of amides is 2. The van der Waals surface area contributed by atoms with Crippen molar-refractivity contribution in [1.82, 2.24) is 15.3 Å². The van der Waals surface area contributed by atoms with Crippen molar-refractivity contribution in [2.45, 2.75) is 19.9 Å². The summed E-state index contributed by atoms with van der Waals surface area (Å²) >= 11 is 0. The number of benzene rings is 3. The summed E-state index contributed by atoms with van der Waals surface area (Å²) in [4.78, 5) is 42.1. The van der Waals surface area contributed by atoms with Crippen molar-refractivity contribution in [2.75, 3.05) is 5.32 Å². The number of hydrogen-bond donors (Lipinski definition) is 4. The van der Waals surface area contributed by atoms with Gasteiger partial charge < -0.3 is 20.6 Å². The molecule has 4 rings (SSSR count). The second-order valence-corrected chi connectivity index (χ2v) is 7.54. The van der Waals surface area contributed by atoms with Crippen molar-refractivity contribution < 1.29 is 14.0 Å². The van der Waals surface area contributed by atoms with E-state index >= 15 is 0 Å². The third-order valence-electron chi connectivity index (χ3n) is 5.25. The Morgan fingerprint density at radius 3 is 2.47 bits per heavy atom. The third kappa shape index (κ3) is 4.29. The predicted octanol–water partition coefficient (Wildman–Crippen LogP) is 4.05. The van der Waals surface area contributed by atoms with Gasteiger partial charge in [0.25, 0.3) is 11.8 Å². The molecule has 3 aromatic carbocycles. The molecule has 2 amide bonds. The zero-order chi connectivity index (χ0) is 22.8. The Morgan fingerprint density at radius 1 is 0.938 bits per heavy atom. The van der Waals surface area contributed by atoms with E-state index in [0.29, 0.717) is 22.3 Å². The summed E-state index contributed by atoms with van der Waals surface area (Å²) < 4.78 is 13.9. The first-order valence-corrected chi connectivity index (χ1v) is 10.0. The highest BCUT2D eigenvalue weighted by molar-refractivity contribution is 6.05. The Labute approximate surface area is 182 Å². The van der Waals surface area contributed by atoms with E-state index < -0.39 is 11.7 Å². The van der Waals surface area contributed by atoms with E-state index in [2.05, 4.69) is 20.6 Å². The predicted molar refractivity (Wildman–Crippen MR) is 120 cm³/mol. The fourth-order valence-corrected chi connectivity index (χ4v) is 3.42. The SMILES string of the molecule is Cc1ccc(C(=O)NC(C)c2ccc3[nH]c(=O)[nH]c3c2)cc1NC(=O)c1ccccc1F. The van der Waals surface area contributed by atoms with Crippen LogP contribution in [0.3, 0.4) is 0 Å². The van der Waals surface area contributed by atoms with Gasteiger partial charge in [-0.05, 0) is 61.4 Å². The quantitative estimate of drug-likeness (QED) is 0.382. The smallest absolute Gasteiger partial charge is 0.323 e. The Morgan fingerprint density at radius 2 is 1.69 bits per heavy atom. The average Bonchev–Trinajstić information content (AvgIpc) is 3.14. The number of aromatic nitrogens is 2. The minimum absolute atomic E-state index is 0.0754. The van der Waals surface area contributed by atoms with Crippen LogP contribution >= 0.6 is 0 Å². The highest BCUT2D eigenvalue weighted by atomic mass is 19.1. The minimum atomic E-state index is -0.619. The first-order chi connectivity index (χ1) is 15.3. The number of aromatic amines is 2. The standard InChI is InChI=1S/C24H21FN4O3/c1-13-7-8-16(12-20(13)27-23(31)17-5-3-4-6-18(17)25)22(30)26-14(2)15-9-10-19-21(11-15)29-24(32)28-19/h3-12,14H,1-2H3,(H,26,30)(H,27,31)(H2,28,29,32). The molecule has 1 heterocycles. The molecular weight excluding hydrogens is 411 g/mol. The second-order valence-electron chi connectivity index (χ2n) is 7.54. The summed E-state index contributed by atoms with van der Waals surface area (Å²) in [6.45, 7) is 3.62. The van der Waals surface area contributed by atoms with Crippen molar-refractivity contribution in [3.05, 3.63) is 99.2 Å². The van der Waals surface area contributed by atoms with Gasteiger partial charge in [0.15, 0.2) is 0 Å². The van der Waals surface area contributed by atoms with E-state index in [1.165, 1.54) is 18.2 Å². The van der Waals surface area contributed by atoms with E-state index in [0.717, 1.165) is 11.1 Å². The Balaban J connectivity index is 1.51. The number of hydrogen-bond acceptors (Lipinski definition) is 3. The van der Waals surface area contributed by atoms with Crippen LogP contribution in [0.2, 0.25) is 0 Å². The molecule has 0 aliphatic heterocycles. The van der Waals surface area contributed by atoms with E-state index in [9.17, 15) is 18.8 Å². The number of fused-ring (bicyclic) bond motifs is 1. The molecule has 0 aliphatic rings. The molecule has 0 saturated carbocycles. The number of halogens is 1. The van der Waals surface area contributed by atoms with E-state index in [-0.39, 0.29) is 23.2 Å². The molecule has 8 heteroatoms. The number of nitrogens with one attached hydrogen (secondary N) is 4. The maximum Gasteiger partial charge on any atom is 0.323 e. The van der Waals surface area contributed by atoms with Gasteiger partial charge in [-0.1, -0.05) is 24.3 Å². The van der Waals surface area contributed by atoms with Crippen LogP contribution in [-0.2, 0) is 0 Å². The average molecular weight is 432 g/mol. The molecule has 32 heavy (non-hydrogen) atoms. The number of H-pyrrole nitrogens is 2. The van der Waals surface area contributed by atoms with Crippen molar-refractivity contribution in [3.8, 4) is 0 Å². The molecule has 0 bridgehead atoms. The van der Waals surface area contributed by atoms with Crippen LogP contribution in [0.15, 0.2) is 65.5 Å². The summed E-state index contributed by atoms with van der Waals surface area (Å²) in [6.07, 6.45) is 0. The number of carbonyl (C=O) groups excluding carboxylic acids is 2. The topological polar surface area (TPSA) is 107 Å². The van der Waals surface area contributed by atoms with Crippen LogP contribution in [0.1, 0.15) is 44.8 Å². The molecule has 162 valence electrons. The molecule has 0 radical (unpaired) electrons. The zero-order valence-electron chi connectivity index (χ0n) is 17.5. The zero-order valence-corrected chi connectivity index (χ0v) is 17.5. The van der Waals surface area contributed by atoms with Gasteiger partial charge in [0.05, 0.1) is 22.6 Å². The van der Waals surface area contributed by atoms with Gasteiger partial charge in [-0.2, -0.15) is 0 Å². The number of rotatable bonds is 5. The van der Waals surface area contributed by atoms with Crippen LogP contribution < -0.4 is 16.3 Å². The summed E-state index contributed by atoms with van der Waals surface area (Å²) in [5.74, 6) is -1.54. The lowest BCUT2D eigenvalue weighted by Gasteiger charge is -2.16. The molecule has 0 fully saturated rings. The summed E-state index contributed by atoms with van der Waals surface area (Å²) in [5, 5.41) is 5.58. The molecule has 7 nitrogen and oxygen atoms in total. The molecule has 4 N–H and O–H groups in total. The van der Waals surface area contributed by atoms with Gasteiger partial charge in [0.2, 0.25) is 0 Å². The lowest BCUT2D eigenvalue weighted by Crippen LogP contribution is -2.27. The monoisotopic (exact) mass is 432 g/mol. The van der Waals surface area contributed by atoms with E-state index in [1.807, 2.05) is 13.0 Å². The van der Waals surface area contributed by atoms with Gasteiger partial charge in [0, 0.05) is 11.3 Å². The first kappa shape index (κ1) is 21.0. The minimum Gasteiger partial charge on any atom is -0.346 e. The van der Waals surface area contributed by atoms with Crippen LogP contribution in [-0.4, -0.2) is 21.8 Å². The molecule has 1 aromatic heterocycles. The van der Waals surface area contributed by atoms with Crippen molar-refractivity contribution >= 4 is 28.5 Å². The molecule has 0 aliphatic carbocycles. The summed E-state index contributed by atoms with van der Waals surface area (Å²) in [7, 11) is 0. The largest absolute Gasteiger partial charge is 0.346 e. The maximum absolute atomic E-state index is 13.9. The van der Waals surface area contributed by atoms with Gasteiger partial charge in [-0.3, -0.25) is 9.59 Å².